The quantitative estimate of drug-likeness (QED) is 0.415. The predicted molar refractivity (Wildman–Crippen MR) is 97.6 cm³/mol. The summed E-state index contributed by atoms with van der Waals surface area (Å²) in [5.41, 5.74) is 0. The Balaban J connectivity index is 3.85. The van der Waals surface area contributed by atoms with Crippen LogP contribution in [0.25, 0.3) is 0 Å². The SMILES string of the molecule is CCCCCCCCC(C#N)S(=O)(=O)NCCCCCCCC#N. The van der Waals surface area contributed by atoms with Crippen LogP contribution in [0.5, 0.6) is 0 Å². The highest BCUT2D eigenvalue weighted by atomic mass is 32.2. The van der Waals surface area contributed by atoms with E-state index in [1.54, 1.807) is 0 Å². The normalized spacial score (nSPS) is 12.5. The maximum absolute atomic E-state index is 12.1. The van der Waals surface area contributed by atoms with Crippen molar-refractivity contribution in [3.63, 3.8) is 0 Å². The molecule has 24 heavy (non-hydrogen) atoms. The summed E-state index contributed by atoms with van der Waals surface area (Å²) in [6.07, 6.45) is 12.2. The fourth-order valence-electron chi connectivity index (χ4n) is 2.57. The van der Waals surface area contributed by atoms with E-state index >= 15 is 0 Å². The van der Waals surface area contributed by atoms with Gasteiger partial charge in [0.05, 0.1) is 12.1 Å². The Bertz CT molecular complexity index is 477. The fraction of sp³-hybridized carbons (Fsp3) is 0.889. The first-order chi connectivity index (χ1) is 11.6. The zero-order valence-electron chi connectivity index (χ0n) is 15.1. The number of nitrogens with zero attached hydrogens (tertiary/aromatic N) is 2. The lowest BCUT2D eigenvalue weighted by atomic mass is 10.1. The van der Waals surface area contributed by atoms with E-state index in [1.807, 2.05) is 6.07 Å². The lowest BCUT2D eigenvalue weighted by molar-refractivity contribution is 0.549. The molecule has 1 unspecified atom stereocenters. The van der Waals surface area contributed by atoms with Crippen LogP contribution in [-0.4, -0.2) is 20.2 Å². The number of unbranched alkanes of at least 4 members (excludes halogenated alkanes) is 10. The molecule has 0 fully saturated rings. The molecular formula is C18H33N3O2S. The Labute approximate surface area is 148 Å². The monoisotopic (exact) mass is 355 g/mol. The van der Waals surface area contributed by atoms with Gasteiger partial charge < -0.3 is 0 Å². The van der Waals surface area contributed by atoms with E-state index in [0.717, 1.165) is 51.4 Å². The van der Waals surface area contributed by atoms with E-state index in [0.29, 0.717) is 19.4 Å². The number of hydrogen-bond acceptors (Lipinski definition) is 4. The van der Waals surface area contributed by atoms with Crippen LogP contribution in [0.2, 0.25) is 0 Å². The first-order valence-electron chi connectivity index (χ1n) is 9.33. The summed E-state index contributed by atoms with van der Waals surface area (Å²) in [6, 6.07) is 4.06. The molecule has 0 aromatic carbocycles. The molecule has 138 valence electrons. The minimum atomic E-state index is -3.53. The summed E-state index contributed by atoms with van der Waals surface area (Å²) < 4.78 is 26.8. The van der Waals surface area contributed by atoms with Gasteiger partial charge in [-0.15, -0.1) is 0 Å². The second-order valence-corrected chi connectivity index (χ2v) is 8.24. The first kappa shape index (κ1) is 22.9. The van der Waals surface area contributed by atoms with Gasteiger partial charge in [-0.05, 0) is 19.3 Å². The lowest BCUT2D eigenvalue weighted by Crippen LogP contribution is -2.34. The summed E-state index contributed by atoms with van der Waals surface area (Å²) >= 11 is 0. The molecule has 0 amide bonds. The summed E-state index contributed by atoms with van der Waals surface area (Å²) in [6.45, 7) is 2.56. The van der Waals surface area contributed by atoms with Crippen LogP contribution in [0.4, 0.5) is 0 Å². The van der Waals surface area contributed by atoms with Crippen LogP contribution < -0.4 is 4.72 Å². The van der Waals surface area contributed by atoms with Crippen molar-refractivity contribution in [1.29, 1.82) is 10.5 Å². The number of rotatable bonds is 16. The standard InChI is InChI=1S/C18H33N3O2S/c1-2-3-4-5-8-11-14-18(17-20)24(22,23)21-16-13-10-7-6-9-12-15-19/h18,21H,2-14,16H2,1H3. The molecule has 0 radical (unpaired) electrons. The molecule has 1 atom stereocenters. The Kier molecular flexibility index (Phi) is 14.7. The first-order valence-corrected chi connectivity index (χ1v) is 10.9. The van der Waals surface area contributed by atoms with E-state index in [-0.39, 0.29) is 0 Å². The molecule has 0 aliphatic carbocycles. The van der Waals surface area contributed by atoms with Crippen LogP contribution in [0.3, 0.4) is 0 Å². The van der Waals surface area contributed by atoms with Crippen molar-refractivity contribution >= 4 is 10.0 Å². The van der Waals surface area contributed by atoms with Crippen molar-refractivity contribution < 1.29 is 8.42 Å². The molecule has 5 nitrogen and oxygen atoms in total. The maximum Gasteiger partial charge on any atom is 0.227 e. The summed E-state index contributed by atoms with van der Waals surface area (Å²) in [5.74, 6) is 0. The highest BCUT2D eigenvalue weighted by Crippen LogP contribution is 2.13. The zero-order chi connectivity index (χ0) is 18.1. The van der Waals surface area contributed by atoms with Gasteiger partial charge >= 0.3 is 0 Å². The van der Waals surface area contributed by atoms with Gasteiger partial charge in [0.1, 0.15) is 0 Å². The minimum Gasteiger partial charge on any atom is -0.214 e. The summed E-state index contributed by atoms with van der Waals surface area (Å²) in [4.78, 5) is 0. The molecule has 0 bridgehead atoms. The largest absolute Gasteiger partial charge is 0.227 e. The molecule has 0 spiro atoms. The van der Waals surface area contributed by atoms with Gasteiger partial charge in [-0.1, -0.05) is 64.7 Å². The highest BCUT2D eigenvalue weighted by Gasteiger charge is 2.23. The van der Waals surface area contributed by atoms with Gasteiger partial charge in [-0.3, -0.25) is 0 Å². The zero-order valence-corrected chi connectivity index (χ0v) is 15.9. The number of hydrogen-bond donors (Lipinski definition) is 1. The van der Waals surface area contributed by atoms with Crippen LogP contribution in [-0.2, 0) is 10.0 Å². The molecule has 0 aromatic rings. The Morgan fingerprint density at radius 3 is 2.08 bits per heavy atom. The second-order valence-electron chi connectivity index (χ2n) is 6.29. The van der Waals surface area contributed by atoms with Crippen molar-refractivity contribution in [2.24, 2.45) is 0 Å². The third-order valence-corrected chi connectivity index (χ3v) is 5.80. The van der Waals surface area contributed by atoms with Gasteiger partial charge in [0, 0.05) is 13.0 Å². The molecule has 1 N–H and O–H groups in total. The smallest absolute Gasteiger partial charge is 0.214 e. The van der Waals surface area contributed by atoms with E-state index in [4.69, 9.17) is 10.5 Å². The van der Waals surface area contributed by atoms with E-state index in [1.165, 1.54) is 19.3 Å². The average Bonchev–Trinajstić information content (AvgIpc) is 2.56. The van der Waals surface area contributed by atoms with Crippen molar-refractivity contribution in [2.75, 3.05) is 6.54 Å². The van der Waals surface area contributed by atoms with E-state index in [9.17, 15) is 8.42 Å². The topological polar surface area (TPSA) is 93.8 Å². The van der Waals surface area contributed by atoms with Gasteiger partial charge in [-0.2, -0.15) is 10.5 Å². The minimum absolute atomic E-state index is 0.398. The van der Waals surface area contributed by atoms with Gasteiger partial charge in [-0.25, -0.2) is 13.1 Å². The molecule has 6 heteroatoms. The van der Waals surface area contributed by atoms with E-state index < -0.39 is 15.3 Å². The molecule has 0 heterocycles. The average molecular weight is 356 g/mol. The van der Waals surface area contributed by atoms with Gasteiger partial charge in [0.25, 0.3) is 0 Å². The second kappa shape index (κ2) is 15.4. The van der Waals surface area contributed by atoms with E-state index in [2.05, 4.69) is 17.7 Å². The maximum atomic E-state index is 12.1. The molecule has 0 saturated heterocycles. The van der Waals surface area contributed by atoms with Crippen molar-refractivity contribution in [1.82, 2.24) is 4.72 Å². The highest BCUT2D eigenvalue weighted by molar-refractivity contribution is 7.90. The number of nitriles is 2. The molecule has 0 aliphatic heterocycles. The molecule has 0 saturated carbocycles. The van der Waals surface area contributed by atoms with Crippen LogP contribution in [0.1, 0.15) is 90.4 Å². The van der Waals surface area contributed by atoms with Crippen molar-refractivity contribution in [3.8, 4) is 12.1 Å². The predicted octanol–water partition coefficient (Wildman–Crippen LogP) is 4.41. The Morgan fingerprint density at radius 1 is 0.875 bits per heavy atom. The van der Waals surface area contributed by atoms with Gasteiger partial charge in [0.15, 0.2) is 5.25 Å². The number of nitrogens with one attached hydrogen (secondary N) is 1. The lowest BCUT2D eigenvalue weighted by Gasteiger charge is -2.12. The van der Waals surface area contributed by atoms with Crippen LogP contribution in [0.15, 0.2) is 0 Å². The van der Waals surface area contributed by atoms with Crippen molar-refractivity contribution in [3.05, 3.63) is 0 Å². The summed E-state index contributed by atoms with van der Waals surface area (Å²) in [5, 5.41) is 16.6. The summed E-state index contributed by atoms with van der Waals surface area (Å²) in [7, 11) is -3.53. The van der Waals surface area contributed by atoms with Crippen molar-refractivity contribution in [2.45, 2.75) is 95.6 Å². The third-order valence-electron chi connectivity index (χ3n) is 4.11. The Hall–Kier alpha value is -1.11. The third kappa shape index (κ3) is 12.3. The molecule has 0 aliphatic rings. The molecular weight excluding hydrogens is 322 g/mol. The molecule has 0 aromatic heterocycles. The van der Waals surface area contributed by atoms with Crippen LogP contribution >= 0.6 is 0 Å². The molecule has 0 rings (SSSR count). The fourth-order valence-corrected chi connectivity index (χ4v) is 3.82. The van der Waals surface area contributed by atoms with Gasteiger partial charge in [0.2, 0.25) is 10.0 Å². The number of sulfonamides is 1. The Morgan fingerprint density at radius 2 is 1.46 bits per heavy atom. The van der Waals surface area contributed by atoms with Crippen LogP contribution in [0, 0.1) is 22.7 Å².